The molecule has 25 heavy (non-hydrogen) atoms. The largest absolute Gasteiger partial charge is 0.405 e. The summed E-state index contributed by atoms with van der Waals surface area (Å²) in [4.78, 5) is 11.6. The standard InChI is InChI=1S/C16H19F3N4OS/c1-3-7-23-14(12-6-4-5-11(2)8-12)21-22-15(23)25-9-13(24)20-10-16(17,18)19/h4-6,8H,3,7,9-10H2,1-2H3,(H,20,24). The number of halogens is 3. The van der Waals surface area contributed by atoms with Gasteiger partial charge in [0.1, 0.15) is 6.54 Å². The molecular formula is C16H19F3N4OS. The number of alkyl halides is 3. The highest BCUT2D eigenvalue weighted by Gasteiger charge is 2.27. The Balaban J connectivity index is 2.10. The first-order valence-corrected chi connectivity index (χ1v) is 8.75. The van der Waals surface area contributed by atoms with Crippen LogP contribution >= 0.6 is 11.8 Å². The molecule has 9 heteroatoms. The molecular weight excluding hydrogens is 353 g/mol. The molecule has 1 aromatic carbocycles. The number of nitrogens with one attached hydrogen (secondary N) is 1. The summed E-state index contributed by atoms with van der Waals surface area (Å²) in [5.74, 6) is -0.152. The van der Waals surface area contributed by atoms with Gasteiger partial charge in [-0.3, -0.25) is 4.79 Å². The third-order valence-corrected chi connectivity index (χ3v) is 4.23. The molecule has 0 saturated heterocycles. The average molecular weight is 372 g/mol. The molecule has 1 aromatic heterocycles. The Labute approximate surface area is 148 Å². The van der Waals surface area contributed by atoms with E-state index in [1.807, 2.05) is 48.0 Å². The number of carbonyl (C=O) groups excluding carboxylic acids is 1. The van der Waals surface area contributed by atoms with Crippen LogP contribution in [0.4, 0.5) is 13.2 Å². The zero-order valence-electron chi connectivity index (χ0n) is 13.9. The number of carbonyl (C=O) groups is 1. The lowest BCUT2D eigenvalue weighted by Crippen LogP contribution is -2.34. The number of benzene rings is 1. The second kappa shape index (κ2) is 8.37. The van der Waals surface area contributed by atoms with E-state index in [0.717, 1.165) is 29.3 Å². The van der Waals surface area contributed by atoms with Gasteiger partial charge in [0.15, 0.2) is 11.0 Å². The van der Waals surface area contributed by atoms with E-state index >= 15 is 0 Å². The quantitative estimate of drug-likeness (QED) is 0.757. The molecule has 0 fully saturated rings. The summed E-state index contributed by atoms with van der Waals surface area (Å²) in [7, 11) is 0. The molecule has 1 amide bonds. The minimum Gasteiger partial charge on any atom is -0.346 e. The number of aryl methyl sites for hydroxylation is 1. The fourth-order valence-electron chi connectivity index (χ4n) is 2.20. The summed E-state index contributed by atoms with van der Waals surface area (Å²) in [5, 5.41) is 10.6. The van der Waals surface area contributed by atoms with Gasteiger partial charge < -0.3 is 9.88 Å². The monoisotopic (exact) mass is 372 g/mol. The highest BCUT2D eigenvalue weighted by Crippen LogP contribution is 2.25. The molecule has 1 N–H and O–H groups in total. The Hall–Kier alpha value is -2.03. The molecule has 0 aliphatic heterocycles. The van der Waals surface area contributed by atoms with Gasteiger partial charge in [-0.15, -0.1) is 10.2 Å². The number of hydrogen-bond acceptors (Lipinski definition) is 4. The number of amides is 1. The molecule has 0 unspecified atom stereocenters. The summed E-state index contributed by atoms with van der Waals surface area (Å²) in [5.41, 5.74) is 2.00. The maximum Gasteiger partial charge on any atom is 0.405 e. The zero-order valence-corrected chi connectivity index (χ0v) is 14.7. The van der Waals surface area contributed by atoms with E-state index < -0.39 is 18.6 Å². The lowest BCUT2D eigenvalue weighted by atomic mass is 10.1. The van der Waals surface area contributed by atoms with Gasteiger partial charge >= 0.3 is 6.18 Å². The molecule has 0 radical (unpaired) electrons. The Bertz CT molecular complexity index is 730. The summed E-state index contributed by atoms with van der Waals surface area (Å²) in [6.07, 6.45) is -3.58. The Morgan fingerprint density at radius 1 is 1.32 bits per heavy atom. The average Bonchev–Trinajstić information content (AvgIpc) is 2.93. The van der Waals surface area contributed by atoms with Gasteiger partial charge in [-0.1, -0.05) is 42.4 Å². The molecule has 0 bridgehead atoms. The lowest BCUT2D eigenvalue weighted by molar-refractivity contribution is -0.136. The number of thioether (sulfide) groups is 1. The van der Waals surface area contributed by atoms with E-state index in [4.69, 9.17) is 0 Å². The second-order valence-corrected chi connectivity index (χ2v) is 6.45. The van der Waals surface area contributed by atoms with Crippen LogP contribution in [-0.2, 0) is 11.3 Å². The topological polar surface area (TPSA) is 59.8 Å². The molecule has 0 aliphatic carbocycles. The second-order valence-electron chi connectivity index (χ2n) is 5.51. The third-order valence-electron chi connectivity index (χ3n) is 3.26. The summed E-state index contributed by atoms with van der Waals surface area (Å²) < 4.78 is 38.2. The smallest absolute Gasteiger partial charge is 0.346 e. The van der Waals surface area contributed by atoms with E-state index in [-0.39, 0.29) is 5.75 Å². The molecule has 136 valence electrons. The maximum atomic E-state index is 12.1. The molecule has 1 heterocycles. The molecule has 0 atom stereocenters. The van der Waals surface area contributed by atoms with Crippen LogP contribution < -0.4 is 5.32 Å². The van der Waals surface area contributed by atoms with E-state index in [2.05, 4.69) is 10.2 Å². The van der Waals surface area contributed by atoms with Crippen molar-refractivity contribution in [1.29, 1.82) is 0 Å². The van der Waals surface area contributed by atoms with Gasteiger partial charge in [0.2, 0.25) is 5.91 Å². The zero-order chi connectivity index (χ0) is 18.4. The predicted molar refractivity (Wildman–Crippen MR) is 90.3 cm³/mol. The van der Waals surface area contributed by atoms with Crippen molar-refractivity contribution in [2.45, 2.75) is 38.1 Å². The number of aromatic nitrogens is 3. The van der Waals surface area contributed by atoms with Gasteiger partial charge in [-0.25, -0.2) is 0 Å². The van der Waals surface area contributed by atoms with Crippen molar-refractivity contribution in [3.8, 4) is 11.4 Å². The molecule has 2 rings (SSSR count). The molecule has 0 saturated carbocycles. The minimum atomic E-state index is -4.42. The van der Waals surface area contributed by atoms with E-state index in [0.29, 0.717) is 17.5 Å². The number of rotatable bonds is 7. The highest BCUT2D eigenvalue weighted by molar-refractivity contribution is 7.99. The fraction of sp³-hybridized carbons (Fsp3) is 0.438. The van der Waals surface area contributed by atoms with Crippen LogP contribution in [0, 0.1) is 6.92 Å². The van der Waals surface area contributed by atoms with E-state index in [1.165, 1.54) is 0 Å². The Morgan fingerprint density at radius 2 is 2.08 bits per heavy atom. The summed E-state index contributed by atoms with van der Waals surface area (Å²) >= 11 is 1.08. The molecule has 5 nitrogen and oxygen atoms in total. The van der Waals surface area contributed by atoms with Gasteiger partial charge in [0.05, 0.1) is 5.75 Å². The first-order valence-electron chi connectivity index (χ1n) is 7.76. The van der Waals surface area contributed by atoms with Crippen molar-refractivity contribution >= 4 is 17.7 Å². The van der Waals surface area contributed by atoms with Crippen LogP contribution in [0.25, 0.3) is 11.4 Å². The van der Waals surface area contributed by atoms with Gasteiger partial charge in [-0.2, -0.15) is 13.2 Å². The van der Waals surface area contributed by atoms with Gasteiger partial charge in [-0.05, 0) is 19.4 Å². The Kier molecular flexibility index (Phi) is 6.46. The summed E-state index contributed by atoms with van der Waals surface area (Å²) in [6, 6.07) is 7.81. The van der Waals surface area contributed by atoms with Crippen LogP contribution in [-0.4, -0.2) is 39.1 Å². The van der Waals surface area contributed by atoms with Crippen molar-refractivity contribution < 1.29 is 18.0 Å². The van der Waals surface area contributed by atoms with Crippen LogP contribution in [0.3, 0.4) is 0 Å². The van der Waals surface area contributed by atoms with E-state index in [1.54, 1.807) is 0 Å². The molecule has 0 spiro atoms. The first-order chi connectivity index (χ1) is 11.8. The van der Waals surface area contributed by atoms with Gasteiger partial charge in [0.25, 0.3) is 0 Å². The fourth-order valence-corrected chi connectivity index (χ4v) is 2.99. The number of hydrogen-bond donors (Lipinski definition) is 1. The lowest BCUT2D eigenvalue weighted by Gasteiger charge is -2.10. The van der Waals surface area contributed by atoms with Crippen molar-refractivity contribution in [1.82, 2.24) is 20.1 Å². The third kappa shape index (κ3) is 5.77. The van der Waals surface area contributed by atoms with Crippen LogP contribution in [0.1, 0.15) is 18.9 Å². The number of nitrogens with zero attached hydrogens (tertiary/aromatic N) is 3. The molecule has 2 aromatic rings. The molecule has 0 aliphatic rings. The maximum absolute atomic E-state index is 12.1. The van der Waals surface area contributed by atoms with E-state index in [9.17, 15) is 18.0 Å². The van der Waals surface area contributed by atoms with Crippen molar-refractivity contribution in [3.05, 3.63) is 29.8 Å². The summed E-state index contributed by atoms with van der Waals surface area (Å²) in [6.45, 7) is 3.31. The van der Waals surface area contributed by atoms with Gasteiger partial charge in [0, 0.05) is 12.1 Å². The SMILES string of the molecule is CCCn1c(SCC(=O)NCC(F)(F)F)nnc1-c1cccc(C)c1. The van der Waals surface area contributed by atoms with Crippen molar-refractivity contribution in [2.24, 2.45) is 0 Å². The Morgan fingerprint density at radius 3 is 2.72 bits per heavy atom. The van der Waals surface area contributed by atoms with Crippen LogP contribution in [0.2, 0.25) is 0 Å². The predicted octanol–water partition coefficient (Wildman–Crippen LogP) is 3.43. The van der Waals surface area contributed by atoms with Crippen molar-refractivity contribution in [2.75, 3.05) is 12.3 Å². The van der Waals surface area contributed by atoms with Crippen LogP contribution in [0.5, 0.6) is 0 Å². The van der Waals surface area contributed by atoms with Crippen LogP contribution in [0.15, 0.2) is 29.4 Å². The first kappa shape index (κ1) is 19.3. The minimum absolute atomic E-state index is 0.147. The normalized spacial score (nSPS) is 11.6. The van der Waals surface area contributed by atoms with Crippen molar-refractivity contribution in [3.63, 3.8) is 0 Å². The highest BCUT2D eigenvalue weighted by atomic mass is 32.2.